The van der Waals surface area contributed by atoms with Crippen molar-refractivity contribution in [2.75, 3.05) is 24.3 Å². The second kappa shape index (κ2) is 13.1. The molecule has 1 amide bonds. The molecule has 1 aromatic heterocycles. The predicted octanol–water partition coefficient (Wildman–Crippen LogP) is 3.36. The van der Waals surface area contributed by atoms with Gasteiger partial charge >= 0.3 is 0 Å². The minimum atomic E-state index is -1.73. The van der Waals surface area contributed by atoms with Gasteiger partial charge in [-0.2, -0.15) is 5.26 Å². The summed E-state index contributed by atoms with van der Waals surface area (Å²) in [6.45, 7) is 7.38. The van der Waals surface area contributed by atoms with Crippen molar-refractivity contribution in [3.05, 3.63) is 63.6 Å². The van der Waals surface area contributed by atoms with Crippen molar-refractivity contribution >= 4 is 35.7 Å². The van der Waals surface area contributed by atoms with Crippen LogP contribution in [0.2, 0.25) is 6.32 Å². The average Bonchev–Trinajstić information content (AvgIpc) is 2.92. The summed E-state index contributed by atoms with van der Waals surface area (Å²) < 4.78 is 5.79. The Morgan fingerprint density at radius 2 is 2.02 bits per heavy atom. The lowest BCUT2D eigenvalue weighted by Gasteiger charge is -2.22. The Morgan fingerprint density at radius 3 is 2.65 bits per heavy atom. The predicted molar refractivity (Wildman–Crippen MR) is 158 cm³/mol. The quantitative estimate of drug-likeness (QED) is 0.173. The van der Waals surface area contributed by atoms with Gasteiger partial charge in [0.25, 0.3) is 11.5 Å². The number of amides is 1. The number of aromatic nitrogens is 2. The number of hydrogen-bond acceptors (Lipinski definition) is 8. The molecule has 0 saturated heterocycles. The summed E-state index contributed by atoms with van der Waals surface area (Å²) in [5.74, 6) is 0.152. The first-order chi connectivity index (χ1) is 19.0. The van der Waals surface area contributed by atoms with Gasteiger partial charge in [0.05, 0.1) is 29.5 Å². The highest BCUT2D eigenvalue weighted by molar-refractivity contribution is 6.54. The zero-order valence-corrected chi connectivity index (χ0v) is 23.4. The molecule has 1 heterocycles. The number of aromatic amines is 1. The first kappa shape index (κ1) is 30.1. The number of rotatable bonds is 12. The smallest absolute Gasteiger partial charge is 0.275 e. The third-order valence-corrected chi connectivity index (χ3v) is 6.34. The highest BCUT2D eigenvalue weighted by Gasteiger charge is 2.30. The van der Waals surface area contributed by atoms with Crippen molar-refractivity contribution in [3.8, 4) is 23.2 Å². The summed E-state index contributed by atoms with van der Waals surface area (Å²) in [6, 6.07) is 12.3. The molecule has 5 N–H and O–H groups in total. The molecule has 0 aliphatic rings. The normalized spacial score (nSPS) is 12.1. The van der Waals surface area contributed by atoms with E-state index in [1.807, 2.05) is 13.8 Å². The fraction of sp³-hybridized carbons (Fsp3) is 0.345. The third kappa shape index (κ3) is 6.95. The van der Waals surface area contributed by atoms with E-state index >= 15 is 0 Å². The first-order valence-electron chi connectivity index (χ1n) is 13.1. The van der Waals surface area contributed by atoms with Gasteiger partial charge in [0.15, 0.2) is 7.28 Å². The molecule has 0 aliphatic heterocycles. The van der Waals surface area contributed by atoms with E-state index in [9.17, 15) is 14.7 Å². The topological polar surface area (TPSA) is 164 Å². The van der Waals surface area contributed by atoms with Crippen LogP contribution in [-0.4, -0.2) is 53.2 Å². The van der Waals surface area contributed by atoms with Gasteiger partial charge in [-0.05, 0) is 63.3 Å². The Kier molecular flexibility index (Phi) is 9.85. The van der Waals surface area contributed by atoms with E-state index in [1.54, 1.807) is 57.6 Å². The van der Waals surface area contributed by atoms with Crippen LogP contribution in [0.3, 0.4) is 0 Å². The number of carbonyl (C=O) groups is 1. The molecule has 2 aromatic carbocycles. The lowest BCUT2D eigenvalue weighted by molar-refractivity contribution is -0.130. The molecule has 10 nitrogen and oxygen atoms in total. The van der Waals surface area contributed by atoms with Crippen LogP contribution in [0.5, 0.6) is 5.75 Å². The Hall–Kier alpha value is -4.43. The summed E-state index contributed by atoms with van der Waals surface area (Å²) in [4.78, 5) is 33.1. The molecule has 1 atom stereocenters. The summed E-state index contributed by atoms with van der Waals surface area (Å²) in [5.41, 5.74) is 1.51. The molecule has 3 rings (SSSR count). The van der Waals surface area contributed by atoms with E-state index in [4.69, 9.17) is 15.4 Å². The van der Waals surface area contributed by atoms with Crippen molar-refractivity contribution in [2.24, 2.45) is 0 Å². The van der Waals surface area contributed by atoms with Gasteiger partial charge in [0.2, 0.25) is 0 Å². The van der Waals surface area contributed by atoms with Crippen LogP contribution in [0.1, 0.15) is 50.4 Å². The minimum Gasteiger partial charge on any atom is -0.493 e. The number of nitrogens with zero attached hydrogens (tertiary/aromatic N) is 2. The van der Waals surface area contributed by atoms with Crippen molar-refractivity contribution in [3.63, 3.8) is 0 Å². The monoisotopic (exact) mass is 541 g/mol. The molecular formula is C29H34BN6O4. The number of H-pyrrole nitrogens is 1. The molecule has 0 aliphatic carbocycles. The van der Waals surface area contributed by atoms with E-state index in [0.29, 0.717) is 41.1 Å². The fourth-order valence-electron chi connectivity index (χ4n) is 4.10. The molecule has 1 unspecified atom stereocenters. The van der Waals surface area contributed by atoms with Crippen molar-refractivity contribution in [1.82, 2.24) is 9.97 Å². The summed E-state index contributed by atoms with van der Waals surface area (Å²) in [7, 11) is 3.32. The number of aliphatic hydroxyl groups is 1. The van der Waals surface area contributed by atoms with E-state index in [-0.39, 0.29) is 29.2 Å². The molecule has 11 heteroatoms. The number of ether oxygens (including phenoxy) is 1. The summed E-state index contributed by atoms with van der Waals surface area (Å²) in [5, 5.41) is 34.0. The maximum absolute atomic E-state index is 12.9. The molecule has 0 bridgehead atoms. The molecule has 3 aromatic rings. The second-order valence-electron chi connectivity index (χ2n) is 9.58. The van der Waals surface area contributed by atoms with Crippen molar-refractivity contribution in [1.29, 1.82) is 10.7 Å². The molecule has 0 fully saturated rings. The third-order valence-electron chi connectivity index (χ3n) is 6.34. The average molecular weight is 541 g/mol. The van der Waals surface area contributed by atoms with Crippen LogP contribution in [0.15, 0.2) is 41.2 Å². The van der Waals surface area contributed by atoms with E-state index in [0.717, 1.165) is 12.0 Å². The van der Waals surface area contributed by atoms with Gasteiger partial charge in [-0.25, -0.2) is 4.98 Å². The molecule has 1 radical (unpaired) electrons. The fourth-order valence-corrected chi connectivity index (χ4v) is 4.10. The number of carbonyl (C=O) groups excluding carboxylic acids is 1. The standard InChI is InChI=1S/C29H34BN6O4/c1-6-8-22(32)24-25(33-5)27(37)36-26(35-24)21-14-19(10-12-23(21)40-7-2)30-16-29(4,39)28(38)34-20-11-9-18(15-31)17(3)13-20/h9-14,32-33,39H,6-8,16H2,1-5H3,(H,34,38)(H,35,36,37). The minimum absolute atomic E-state index is 0.00342. The molecule has 0 saturated carbocycles. The lowest BCUT2D eigenvalue weighted by atomic mass is 9.62. The Bertz CT molecular complexity index is 1510. The Balaban J connectivity index is 1.88. The van der Waals surface area contributed by atoms with Crippen LogP contribution >= 0.6 is 0 Å². The molecule has 40 heavy (non-hydrogen) atoms. The maximum Gasteiger partial charge on any atom is 0.275 e. The van der Waals surface area contributed by atoms with E-state index in [1.165, 1.54) is 6.92 Å². The van der Waals surface area contributed by atoms with Crippen LogP contribution < -0.4 is 26.4 Å². The van der Waals surface area contributed by atoms with Crippen molar-refractivity contribution in [2.45, 2.75) is 52.5 Å². The van der Waals surface area contributed by atoms with Crippen molar-refractivity contribution < 1.29 is 14.6 Å². The van der Waals surface area contributed by atoms with Gasteiger partial charge in [-0.1, -0.05) is 30.9 Å². The number of nitriles is 1. The van der Waals surface area contributed by atoms with Gasteiger partial charge in [-0.15, -0.1) is 0 Å². The number of hydrogen-bond donors (Lipinski definition) is 5. The highest BCUT2D eigenvalue weighted by Crippen LogP contribution is 2.28. The van der Waals surface area contributed by atoms with E-state index in [2.05, 4.69) is 26.7 Å². The first-order valence-corrected chi connectivity index (χ1v) is 13.1. The summed E-state index contributed by atoms with van der Waals surface area (Å²) in [6.07, 6.45) is 1.20. The SMILES string of the molecule is CCCC(=N)c1nc(-c2cc([B]CC(C)(O)C(=O)Nc3ccc(C#N)c(C)c3)ccc2OCC)[nH]c(=O)c1NC. The van der Waals surface area contributed by atoms with Gasteiger partial charge in [0, 0.05) is 12.7 Å². The van der Waals surface area contributed by atoms with Crippen LogP contribution in [0, 0.1) is 23.7 Å². The Morgan fingerprint density at radius 1 is 1.27 bits per heavy atom. The zero-order chi connectivity index (χ0) is 29.4. The summed E-state index contributed by atoms with van der Waals surface area (Å²) >= 11 is 0. The molecule has 0 spiro atoms. The van der Waals surface area contributed by atoms with Gasteiger partial charge in [-0.3, -0.25) is 9.59 Å². The van der Waals surface area contributed by atoms with Gasteiger partial charge in [0.1, 0.15) is 28.6 Å². The van der Waals surface area contributed by atoms with Crippen LogP contribution in [0.4, 0.5) is 11.4 Å². The zero-order valence-electron chi connectivity index (χ0n) is 23.4. The number of anilines is 2. The number of nitrogens with one attached hydrogen (secondary N) is 4. The second-order valence-corrected chi connectivity index (χ2v) is 9.58. The van der Waals surface area contributed by atoms with Gasteiger partial charge < -0.3 is 30.9 Å². The number of benzene rings is 2. The highest BCUT2D eigenvalue weighted by atomic mass is 16.5. The largest absolute Gasteiger partial charge is 0.493 e. The van der Waals surface area contributed by atoms with Crippen LogP contribution in [-0.2, 0) is 4.79 Å². The van der Waals surface area contributed by atoms with Crippen LogP contribution in [0.25, 0.3) is 11.4 Å². The number of aryl methyl sites for hydroxylation is 1. The maximum atomic E-state index is 12.9. The molecule has 207 valence electrons. The lowest BCUT2D eigenvalue weighted by Crippen LogP contribution is -2.42. The Labute approximate surface area is 234 Å². The van der Waals surface area contributed by atoms with E-state index < -0.39 is 17.1 Å². The molecular weight excluding hydrogens is 507 g/mol.